The predicted octanol–water partition coefficient (Wildman–Crippen LogP) is 1.74. The van der Waals surface area contributed by atoms with Crippen LogP contribution in [-0.2, 0) is 0 Å². The Kier molecular flexibility index (Phi) is 4.16. The number of nitrogens with zero attached hydrogens (tertiary/aromatic N) is 2. The van der Waals surface area contributed by atoms with Crippen molar-refractivity contribution in [2.45, 2.75) is 26.2 Å². The lowest BCUT2D eigenvalue weighted by Crippen LogP contribution is -2.29. The smallest absolute Gasteiger partial charge is 0.288 e. The van der Waals surface area contributed by atoms with Gasteiger partial charge in [0.2, 0.25) is 0 Å². The Balaban J connectivity index is 2.01. The van der Waals surface area contributed by atoms with E-state index in [-0.39, 0.29) is 17.1 Å². The van der Waals surface area contributed by atoms with Crippen molar-refractivity contribution in [3.05, 3.63) is 27.9 Å². The van der Waals surface area contributed by atoms with Crippen molar-refractivity contribution in [1.29, 1.82) is 0 Å². The van der Waals surface area contributed by atoms with Crippen molar-refractivity contribution in [3.8, 4) is 0 Å². The third-order valence-electron chi connectivity index (χ3n) is 3.71. The van der Waals surface area contributed by atoms with Gasteiger partial charge in [0.25, 0.3) is 11.6 Å². The maximum Gasteiger partial charge on any atom is 0.288 e. The maximum atomic E-state index is 12.0. The monoisotopic (exact) mass is 278 g/mol. The Bertz CT molecular complexity index is 532. The molecule has 1 heterocycles. The van der Waals surface area contributed by atoms with Gasteiger partial charge < -0.3 is 11.1 Å². The number of nitrogens with one attached hydrogen (secondary N) is 1. The van der Waals surface area contributed by atoms with Crippen molar-refractivity contribution >= 4 is 17.4 Å². The molecule has 1 aromatic heterocycles. The van der Waals surface area contributed by atoms with Gasteiger partial charge in [-0.3, -0.25) is 14.9 Å². The molecule has 0 radical (unpaired) electrons. The van der Waals surface area contributed by atoms with Gasteiger partial charge in [-0.25, -0.2) is 4.98 Å². The van der Waals surface area contributed by atoms with E-state index in [1.165, 1.54) is 6.42 Å². The fraction of sp³-hybridized carbons (Fsp3) is 0.538. The van der Waals surface area contributed by atoms with Crippen molar-refractivity contribution in [3.63, 3.8) is 0 Å². The molecular weight excluding hydrogens is 260 g/mol. The van der Waals surface area contributed by atoms with Crippen molar-refractivity contribution < 1.29 is 9.72 Å². The van der Waals surface area contributed by atoms with Crippen molar-refractivity contribution in [2.24, 2.45) is 11.8 Å². The van der Waals surface area contributed by atoms with Crippen molar-refractivity contribution in [1.82, 2.24) is 10.3 Å². The summed E-state index contributed by atoms with van der Waals surface area (Å²) in [5.41, 5.74) is 5.42. The number of hydrogen-bond donors (Lipinski definition) is 2. The number of anilines is 1. The minimum atomic E-state index is -0.595. The molecule has 20 heavy (non-hydrogen) atoms. The average Bonchev–Trinajstić information content (AvgIpc) is 2.82. The van der Waals surface area contributed by atoms with E-state index in [4.69, 9.17) is 5.73 Å². The summed E-state index contributed by atoms with van der Waals surface area (Å²) >= 11 is 0. The summed E-state index contributed by atoms with van der Waals surface area (Å²) < 4.78 is 0. The molecule has 0 aliphatic heterocycles. The van der Waals surface area contributed by atoms with Gasteiger partial charge in [0, 0.05) is 12.6 Å². The second-order valence-electron chi connectivity index (χ2n) is 5.38. The Labute approximate surface area is 116 Å². The summed E-state index contributed by atoms with van der Waals surface area (Å²) in [6.45, 7) is 2.77. The molecule has 1 saturated carbocycles. The van der Waals surface area contributed by atoms with Crippen LogP contribution < -0.4 is 11.1 Å². The number of hydrogen-bond acceptors (Lipinski definition) is 5. The van der Waals surface area contributed by atoms with E-state index in [1.54, 1.807) is 0 Å². The lowest BCUT2D eigenvalue weighted by Gasteiger charge is -2.11. The number of carbonyl (C=O) groups is 1. The fourth-order valence-corrected chi connectivity index (χ4v) is 2.59. The number of rotatable bonds is 4. The molecule has 2 atom stereocenters. The van der Waals surface area contributed by atoms with Gasteiger partial charge in [-0.15, -0.1) is 0 Å². The van der Waals surface area contributed by atoms with Crippen LogP contribution in [0, 0.1) is 22.0 Å². The first-order chi connectivity index (χ1) is 9.47. The largest absolute Gasteiger partial charge is 0.383 e. The number of amides is 1. The molecule has 1 aliphatic carbocycles. The summed E-state index contributed by atoms with van der Waals surface area (Å²) in [6, 6.07) is 1.16. The normalized spacial score (nSPS) is 21.6. The van der Waals surface area contributed by atoms with E-state index >= 15 is 0 Å². The number of nitro groups is 1. The first-order valence-corrected chi connectivity index (χ1v) is 6.65. The highest BCUT2D eigenvalue weighted by Crippen LogP contribution is 2.29. The Hall–Kier alpha value is -2.18. The van der Waals surface area contributed by atoms with Crippen LogP contribution in [0.15, 0.2) is 12.3 Å². The third kappa shape index (κ3) is 3.23. The number of aromatic nitrogens is 1. The summed E-state index contributed by atoms with van der Waals surface area (Å²) in [5.74, 6) is 0.773. The van der Waals surface area contributed by atoms with Crippen LogP contribution in [0.3, 0.4) is 0 Å². The van der Waals surface area contributed by atoms with E-state index in [1.807, 2.05) is 0 Å². The Morgan fingerprint density at radius 3 is 2.95 bits per heavy atom. The van der Waals surface area contributed by atoms with Gasteiger partial charge in [-0.1, -0.05) is 13.3 Å². The molecule has 2 unspecified atom stereocenters. The van der Waals surface area contributed by atoms with E-state index in [0.717, 1.165) is 25.1 Å². The van der Waals surface area contributed by atoms with Gasteiger partial charge in [-0.05, 0) is 24.7 Å². The zero-order chi connectivity index (χ0) is 14.7. The highest BCUT2D eigenvalue weighted by atomic mass is 16.6. The molecule has 1 aliphatic rings. The van der Waals surface area contributed by atoms with Gasteiger partial charge in [0.1, 0.15) is 12.0 Å². The van der Waals surface area contributed by atoms with Crippen LogP contribution in [0.1, 0.15) is 36.5 Å². The summed E-state index contributed by atoms with van der Waals surface area (Å²) in [5, 5.41) is 13.5. The molecule has 0 saturated heterocycles. The van der Waals surface area contributed by atoms with Crippen LogP contribution in [0.25, 0.3) is 0 Å². The molecule has 1 amide bonds. The molecular formula is C13H18N4O3. The molecule has 0 aromatic carbocycles. The van der Waals surface area contributed by atoms with E-state index in [9.17, 15) is 14.9 Å². The zero-order valence-corrected chi connectivity index (χ0v) is 11.3. The number of nitrogen functional groups attached to an aromatic ring is 1. The summed E-state index contributed by atoms with van der Waals surface area (Å²) in [4.78, 5) is 25.8. The third-order valence-corrected chi connectivity index (χ3v) is 3.71. The van der Waals surface area contributed by atoms with Gasteiger partial charge in [0.15, 0.2) is 0 Å². The number of nitrogens with two attached hydrogens (primary N) is 1. The molecule has 0 bridgehead atoms. The molecule has 1 aromatic rings. The Morgan fingerprint density at radius 2 is 2.35 bits per heavy atom. The number of pyridine rings is 1. The summed E-state index contributed by atoms with van der Waals surface area (Å²) in [7, 11) is 0. The highest BCUT2D eigenvalue weighted by molar-refractivity contribution is 5.98. The van der Waals surface area contributed by atoms with Crippen LogP contribution in [0.4, 0.5) is 11.5 Å². The zero-order valence-electron chi connectivity index (χ0n) is 11.3. The molecule has 108 valence electrons. The average molecular weight is 278 g/mol. The highest BCUT2D eigenvalue weighted by Gasteiger charge is 2.23. The quantitative estimate of drug-likeness (QED) is 0.643. The Morgan fingerprint density at radius 1 is 1.60 bits per heavy atom. The van der Waals surface area contributed by atoms with Crippen LogP contribution in [0.2, 0.25) is 0 Å². The maximum absolute atomic E-state index is 12.0. The molecule has 1 fully saturated rings. The minimum absolute atomic E-state index is 0.00731. The summed E-state index contributed by atoms with van der Waals surface area (Å²) in [6.07, 6.45) is 4.43. The van der Waals surface area contributed by atoms with Crippen molar-refractivity contribution in [2.75, 3.05) is 12.3 Å². The molecule has 7 nitrogen and oxygen atoms in total. The predicted molar refractivity (Wildman–Crippen MR) is 74.1 cm³/mol. The minimum Gasteiger partial charge on any atom is -0.383 e. The first kappa shape index (κ1) is 14.2. The topological polar surface area (TPSA) is 111 Å². The van der Waals surface area contributed by atoms with Gasteiger partial charge in [-0.2, -0.15) is 0 Å². The van der Waals surface area contributed by atoms with E-state index in [2.05, 4.69) is 17.2 Å². The fourth-order valence-electron chi connectivity index (χ4n) is 2.59. The standard InChI is InChI=1S/C13H18N4O3/c1-8-2-3-9(4-8)6-16-13(18)11-5-10(17(19)20)7-15-12(11)14/h5,7-9H,2-4,6H2,1H3,(H2,14,15)(H,16,18). The SMILES string of the molecule is CC1CCC(CNC(=O)c2cc([N+](=O)[O-])cnc2N)C1. The van der Waals surface area contributed by atoms with Crippen LogP contribution in [-0.4, -0.2) is 22.4 Å². The van der Waals surface area contributed by atoms with E-state index < -0.39 is 10.8 Å². The molecule has 0 spiro atoms. The van der Waals surface area contributed by atoms with Gasteiger partial charge >= 0.3 is 0 Å². The second kappa shape index (κ2) is 5.85. The lowest BCUT2D eigenvalue weighted by molar-refractivity contribution is -0.385. The van der Waals surface area contributed by atoms with Crippen LogP contribution in [0.5, 0.6) is 0 Å². The van der Waals surface area contributed by atoms with Gasteiger partial charge in [0.05, 0.1) is 10.5 Å². The molecule has 3 N–H and O–H groups in total. The number of carbonyl (C=O) groups excluding carboxylic acids is 1. The molecule has 7 heteroatoms. The van der Waals surface area contributed by atoms with E-state index in [0.29, 0.717) is 18.4 Å². The second-order valence-corrected chi connectivity index (χ2v) is 5.38. The molecule has 2 rings (SSSR count). The van der Waals surface area contributed by atoms with Crippen LogP contribution >= 0.6 is 0 Å². The lowest BCUT2D eigenvalue weighted by atomic mass is 10.1. The first-order valence-electron chi connectivity index (χ1n) is 6.65.